The lowest BCUT2D eigenvalue weighted by molar-refractivity contribution is 0.214. The topological polar surface area (TPSA) is 15.3 Å². The van der Waals surface area contributed by atoms with Crippen LogP contribution in [0.3, 0.4) is 0 Å². The molecule has 0 amide bonds. The Morgan fingerprint density at radius 2 is 2.11 bits per heavy atom. The van der Waals surface area contributed by atoms with Gasteiger partial charge in [-0.25, -0.2) is 5.01 Å². The first-order valence-corrected chi connectivity index (χ1v) is 4.65. The Bertz CT molecular complexity index is 68.7. The van der Waals surface area contributed by atoms with Crippen LogP contribution in [0.1, 0.15) is 6.92 Å². The van der Waals surface area contributed by atoms with E-state index in [0.29, 0.717) is 0 Å². The third kappa shape index (κ3) is 2.56. The fourth-order valence-electron chi connectivity index (χ4n) is 0.945. The fraction of sp³-hybridized carbons (Fsp3) is 1.00. The quantitative estimate of drug-likeness (QED) is 0.613. The Kier molecular flexibility index (Phi) is 3.40. The summed E-state index contributed by atoms with van der Waals surface area (Å²) in [5.41, 5.74) is 3.30. The molecule has 1 aliphatic rings. The molecule has 9 heavy (non-hydrogen) atoms. The molecule has 1 fully saturated rings. The van der Waals surface area contributed by atoms with Crippen LogP contribution in [0.15, 0.2) is 0 Å². The van der Waals surface area contributed by atoms with Crippen LogP contribution in [-0.4, -0.2) is 36.1 Å². The Morgan fingerprint density at radius 3 is 2.67 bits per heavy atom. The molecule has 1 rings (SSSR count). The zero-order valence-corrected chi connectivity index (χ0v) is 6.71. The first kappa shape index (κ1) is 7.38. The maximum atomic E-state index is 3.30. The van der Waals surface area contributed by atoms with Crippen molar-refractivity contribution in [2.24, 2.45) is 0 Å². The van der Waals surface area contributed by atoms with Gasteiger partial charge in [-0.15, -0.1) is 0 Å². The van der Waals surface area contributed by atoms with E-state index in [4.69, 9.17) is 0 Å². The van der Waals surface area contributed by atoms with Crippen molar-refractivity contribution < 1.29 is 0 Å². The minimum atomic E-state index is 1.06. The standard InChI is InChI=1S/C6H14N2S/c1-2-7-8-3-5-9-6-4-8/h7H,2-6H2,1H3. The number of thioether (sulfide) groups is 1. The third-order valence-electron chi connectivity index (χ3n) is 1.39. The fourth-order valence-corrected chi connectivity index (χ4v) is 1.85. The number of rotatable bonds is 2. The summed E-state index contributed by atoms with van der Waals surface area (Å²) >= 11 is 2.04. The van der Waals surface area contributed by atoms with Crippen LogP contribution < -0.4 is 5.43 Å². The van der Waals surface area contributed by atoms with Crippen LogP contribution in [0, 0.1) is 0 Å². The number of nitrogens with zero attached hydrogens (tertiary/aromatic N) is 1. The normalized spacial score (nSPS) is 22.3. The lowest BCUT2D eigenvalue weighted by Gasteiger charge is -2.25. The van der Waals surface area contributed by atoms with Gasteiger partial charge in [0.15, 0.2) is 0 Å². The van der Waals surface area contributed by atoms with E-state index >= 15 is 0 Å². The zero-order chi connectivity index (χ0) is 6.53. The third-order valence-corrected chi connectivity index (χ3v) is 2.34. The summed E-state index contributed by atoms with van der Waals surface area (Å²) in [7, 11) is 0. The predicted molar refractivity (Wildman–Crippen MR) is 42.6 cm³/mol. The van der Waals surface area contributed by atoms with E-state index in [1.54, 1.807) is 0 Å². The zero-order valence-electron chi connectivity index (χ0n) is 5.89. The van der Waals surface area contributed by atoms with Crippen LogP contribution >= 0.6 is 11.8 Å². The second-order valence-electron chi connectivity index (χ2n) is 2.11. The minimum Gasteiger partial charge on any atom is -0.255 e. The van der Waals surface area contributed by atoms with E-state index in [-0.39, 0.29) is 0 Å². The molecule has 1 saturated heterocycles. The minimum absolute atomic E-state index is 1.06. The molecule has 0 aromatic heterocycles. The van der Waals surface area contributed by atoms with Crippen molar-refractivity contribution in [2.45, 2.75) is 6.92 Å². The molecule has 2 nitrogen and oxygen atoms in total. The van der Waals surface area contributed by atoms with Crippen LogP contribution in [0.2, 0.25) is 0 Å². The van der Waals surface area contributed by atoms with Crippen molar-refractivity contribution in [3.63, 3.8) is 0 Å². The monoisotopic (exact) mass is 146 g/mol. The Balaban J connectivity index is 2.08. The van der Waals surface area contributed by atoms with E-state index < -0.39 is 0 Å². The lowest BCUT2D eigenvalue weighted by atomic mass is 10.6. The van der Waals surface area contributed by atoms with Gasteiger partial charge in [0.2, 0.25) is 0 Å². The molecule has 0 aromatic rings. The number of hydrazine groups is 1. The first-order valence-electron chi connectivity index (χ1n) is 3.49. The molecule has 54 valence electrons. The predicted octanol–water partition coefficient (Wildman–Crippen LogP) is 0.560. The van der Waals surface area contributed by atoms with Crippen LogP contribution in [0.25, 0.3) is 0 Å². The molecule has 0 spiro atoms. The molecule has 0 saturated carbocycles. The summed E-state index contributed by atoms with van der Waals surface area (Å²) in [6.45, 7) is 5.61. The van der Waals surface area contributed by atoms with Gasteiger partial charge in [0.05, 0.1) is 0 Å². The van der Waals surface area contributed by atoms with Gasteiger partial charge in [0.1, 0.15) is 0 Å². The van der Waals surface area contributed by atoms with Crippen molar-refractivity contribution in [3.8, 4) is 0 Å². The molecule has 0 atom stereocenters. The molecular weight excluding hydrogens is 132 g/mol. The summed E-state index contributed by atoms with van der Waals surface area (Å²) < 4.78 is 0. The van der Waals surface area contributed by atoms with Gasteiger partial charge in [-0.3, -0.25) is 5.43 Å². The molecule has 0 aliphatic carbocycles. The van der Waals surface area contributed by atoms with Gasteiger partial charge in [-0.1, -0.05) is 6.92 Å². The van der Waals surface area contributed by atoms with Crippen molar-refractivity contribution in [3.05, 3.63) is 0 Å². The maximum Gasteiger partial charge on any atom is 0.0222 e. The van der Waals surface area contributed by atoms with Gasteiger partial charge in [-0.05, 0) is 0 Å². The lowest BCUT2D eigenvalue weighted by Crippen LogP contribution is -2.43. The van der Waals surface area contributed by atoms with Crippen LogP contribution in [0.5, 0.6) is 0 Å². The Labute approximate surface area is 61.0 Å². The van der Waals surface area contributed by atoms with Gasteiger partial charge in [0, 0.05) is 31.1 Å². The number of hydrogen-bond acceptors (Lipinski definition) is 3. The van der Waals surface area contributed by atoms with E-state index in [1.165, 1.54) is 24.6 Å². The second-order valence-corrected chi connectivity index (χ2v) is 3.34. The van der Waals surface area contributed by atoms with E-state index in [2.05, 4.69) is 17.4 Å². The van der Waals surface area contributed by atoms with E-state index in [0.717, 1.165) is 6.54 Å². The van der Waals surface area contributed by atoms with Gasteiger partial charge < -0.3 is 0 Å². The molecule has 3 heteroatoms. The SMILES string of the molecule is CCNN1CCSCC1. The molecule has 0 bridgehead atoms. The number of nitrogens with one attached hydrogen (secondary N) is 1. The van der Waals surface area contributed by atoms with E-state index in [1.807, 2.05) is 11.8 Å². The highest BCUT2D eigenvalue weighted by molar-refractivity contribution is 7.99. The molecule has 1 aliphatic heterocycles. The van der Waals surface area contributed by atoms with Crippen LogP contribution in [-0.2, 0) is 0 Å². The van der Waals surface area contributed by atoms with Gasteiger partial charge >= 0.3 is 0 Å². The number of hydrogen-bond donors (Lipinski definition) is 1. The second kappa shape index (κ2) is 4.14. The van der Waals surface area contributed by atoms with Crippen molar-refractivity contribution in [1.29, 1.82) is 0 Å². The molecule has 1 N–H and O–H groups in total. The highest BCUT2D eigenvalue weighted by Crippen LogP contribution is 2.05. The highest BCUT2D eigenvalue weighted by atomic mass is 32.2. The average Bonchev–Trinajstić information content (AvgIpc) is 1.91. The van der Waals surface area contributed by atoms with Gasteiger partial charge in [-0.2, -0.15) is 11.8 Å². The summed E-state index contributed by atoms with van der Waals surface area (Å²) in [4.78, 5) is 0. The average molecular weight is 146 g/mol. The summed E-state index contributed by atoms with van der Waals surface area (Å²) in [5.74, 6) is 2.57. The Hall–Kier alpha value is 0.270. The molecular formula is C6H14N2S. The molecule has 1 heterocycles. The maximum absolute atomic E-state index is 3.30. The Morgan fingerprint density at radius 1 is 1.44 bits per heavy atom. The summed E-state index contributed by atoms with van der Waals surface area (Å²) in [6, 6.07) is 0. The largest absolute Gasteiger partial charge is 0.255 e. The van der Waals surface area contributed by atoms with Gasteiger partial charge in [0.25, 0.3) is 0 Å². The van der Waals surface area contributed by atoms with Crippen LogP contribution in [0.4, 0.5) is 0 Å². The summed E-state index contributed by atoms with van der Waals surface area (Å²) in [6.07, 6.45) is 0. The van der Waals surface area contributed by atoms with Crippen molar-refractivity contribution in [1.82, 2.24) is 10.4 Å². The first-order chi connectivity index (χ1) is 4.43. The molecule has 0 radical (unpaired) electrons. The van der Waals surface area contributed by atoms with E-state index in [9.17, 15) is 0 Å². The highest BCUT2D eigenvalue weighted by Gasteiger charge is 2.07. The smallest absolute Gasteiger partial charge is 0.0222 e. The molecule has 0 unspecified atom stereocenters. The molecule has 0 aromatic carbocycles. The van der Waals surface area contributed by atoms with Crippen molar-refractivity contribution >= 4 is 11.8 Å². The summed E-state index contributed by atoms with van der Waals surface area (Å²) in [5, 5.41) is 2.30. The van der Waals surface area contributed by atoms with Crippen molar-refractivity contribution in [2.75, 3.05) is 31.1 Å².